The van der Waals surface area contributed by atoms with Crippen LogP contribution in [0.2, 0.25) is 0 Å². The highest BCUT2D eigenvalue weighted by molar-refractivity contribution is 9.10. The lowest BCUT2D eigenvalue weighted by atomic mass is 10.2. The number of benzene rings is 2. The minimum absolute atomic E-state index is 0.283. The Bertz CT molecular complexity index is 1110. The number of aryl methyl sites for hydroxylation is 1. The fourth-order valence-electron chi connectivity index (χ4n) is 2.38. The lowest BCUT2D eigenvalue weighted by Gasteiger charge is -2.08. The van der Waals surface area contributed by atoms with Crippen LogP contribution in [0.15, 0.2) is 55.2 Å². The van der Waals surface area contributed by atoms with Crippen LogP contribution in [0.3, 0.4) is 0 Å². The van der Waals surface area contributed by atoms with Gasteiger partial charge >= 0.3 is 5.97 Å². The van der Waals surface area contributed by atoms with Crippen LogP contribution in [-0.4, -0.2) is 21.8 Å². The van der Waals surface area contributed by atoms with E-state index in [9.17, 15) is 9.59 Å². The van der Waals surface area contributed by atoms with Crippen LogP contribution in [0.1, 0.15) is 18.3 Å². The molecule has 0 radical (unpaired) electrons. The molecule has 0 bridgehead atoms. The van der Waals surface area contributed by atoms with Gasteiger partial charge in [0, 0.05) is 21.4 Å². The fraction of sp³-hybridized carbons (Fsp3) is 0.111. The van der Waals surface area contributed by atoms with Crippen LogP contribution in [0, 0.1) is 6.92 Å². The molecular formula is C18H13Br2N3O3. The van der Waals surface area contributed by atoms with Crippen molar-refractivity contribution in [1.82, 2.24) is 9.66 Å². The number of carbonyl (C=O) groups excluding carboxylic acids is 1. The molecule has 0 N–H and O–H groups in total. The number of nitrogens with zero attached hydrogens (tertiary/aromatic N) is 3. The number of rotatable bonds is 3. The van der Waals surface area contributed by atoms with Gasteiger partial charge in [-0.05, 0) is 43.3 Å². The summed E-state index contributed by atoms with van der Waals surface area (Å²) < 4.78 is 7.97. The Labute approximate surface area is 165 Å². The van der Waals surface area contributed by atoms with Gasteiger partial charge in [0.1, 0.15) is 11.6 Å². The minimum atomic E-state index is -0.437. The van der Waals surface area contributed by atoms with Crippen LogP contribution >= 0.6 is 31.9 Å². The van der Waals surface area contributed by atoms with Gasteiger partial charge in [0.2, 0.25) is 0 Å². The first-order valence-corrected chi connectivity index (χ1v) is 9.15. The van der Waals surface area contributed by atoms with Gasteiger partial charge in [-0.1, -0.05) is 31.9 Å². The monoisotopic (exact) mass is 477 g/mol. The van der Waals surface area contributed by atoms with Crippen LogP contribution in [0.25, 0.3) is 10.9 Å². The van der Waals surface area contributed by atoms with Crippen molar-refractivity contribution in [3.8, 4) is 5.75 Å². The predicted molar refractivity (Wildman–Crippen MR) is 107 cm³/mol. The van der Waals surface area contributed by atoms with Gasteiger partial charge in [-0.2, -0.15) is 9.78 Å². The van der Waals surface area contributed by atoms with Crippen molar-refractivity contribution in [2.45, 2.75) is 13.8 Å². The summed E-state index contributed by atoms with van der Waals surface area (Å²) in [5.74, 6) is 0.365. The topological polar surface area (TPSA) is 73.5 Å². The summed E-state index contributed by atoms with van der Waals surface area (Å²) in [4.78, 5) is 28.4. The lowest BCUT2D eigenvalue weighted by Crippen LogP contribution is -2.20. The number of halogens is 2. The van der Waals surface area contributed by atoms with Gasteiger partial charge in [0.05, 0.1) is 17.1 Å². The van der Waals surface area contributed by atoms with E-state index in [2.05, 4.69) is 41.9 Å². The number of carbonyl (C=O) groups is 1. The van der Waals surface area contributed by atoms with Gasteiger partial charge in [-0.3, -0.25) is 9.59 Å². The van der Waals surface area contributed by atoms with E-state index >= 15 is 0 Å². The molecule has 132 valence electrons. The maximum Gasteiger partial charge on any atom is 0.308 e. The summed E-state index contributed by atoms with van der Waals surface area (Å²) in [6.07, 6.45) is 1.46. The van der Waals surface area contributed by atoms with Crippen molar-refractivity contribution in [3.05, 3.63) is 67.1 Å². The Kier molecular flexibility index (Phi) is 5.33. The summed E-state index contributed by atoms with van der Waals surface area (Å²) in [7, 11) is 0. The third-order valence-electron chi connectivity index (χ3n) is 3.51. The molecule has 6 nitrogen and oxygen atoms in total. The molecule has 0 amide bonds. The fourth-order valence-corrected chi connectivity index (χ4v) is 3.12. The normalized spacial score (nSPS) is 11.2. The first-order valence-electron chi connectivity index (χ1n) is 7.56. The molecule has 0 saturated heterocycles. The van der Waals surface area contributed by atoms with Gasteiger partial charge in [-0.25, -0.2) is 4.98 Å². The molecule has 3 aromatic rings. The molecule has 8 heteroatoms. The molecule has 0 aliphatic carbocycles. The zero-order valence-electron chi connectivity index (χ0n) is 13.9. The average Bonchev–Trinajstić information content (AvgIpc) is 2.57. The number of hydrogen-bond donors (Lipinski definition) is 0. The third-order valence-corrected chi connectivity index (χ3v) is 4.49. The second-order valence-corrected chi connectivity index (χ2v) is 7.29. The van der Waals surface area contributed by atoms with E-state index in [4.69, 9.17) is 4.74 Å². The van der Waals surface area contributed by atoms with Gasteiger partial charge in [-0.15, -0.1) is 0 Å². The van der Waals surface area contributed by atoms with Crippen LogP contribution in [0.5, 0.6) is 5.75 Å². The maximum absolute atomic E-state index is 12.7. The van der Waals surface area contributed by atoms with Gasteiger partial charge in [0.15, 0.2) is 0 Å². The Morgan fingerprint density at radius 3 is 2.62 bits per heavy atom. The number of fused-ring (bicyclic) bond motifs is 1. The summed E-state index contributed by atoms with van der Waals surface area (Å²) in [6, 6.07) is 10.5. The summed E-state index contributed by atoms with van der Waals surface area (Å²) >= 11 is 6.73. The lowest BCUT2D eigenvalue weighted by molar-refractivity contribution is -0.131. The van der Waals surface area contributed by atoms with Crippen molar-refractivity contribution >= 4 is 54.9 Å². The Morgan fingerprint density at radius 1 is 1.19 bits per heavy atom. The molecule has 0 saturated carbocycles. The van der Waals surface area contributed by atoms with E-state index in [0.29, 0.717) is 28.0 Å². The van der Waals surface area contributed by atoms with E-state index in [-0.39, 0.29) is 5.56 Å². The van der Waals surface area contributed by atoms with Crippen molar-refractivity contribution in [1.29, 1.82) is 0 Å². The highest BCUT2D eigenvalue weighted by Gasteiger charge is 2.09. The molecule has 1 aromatic heterocycles. The van der Waals surface area contributed by atoms with E-state index in [1.807, 2.05) is 6.07 Å². The van der Waals surface area contributed by atoms with Gasteiger partial charge in [0.25, 0.3) is 5.56 Å². The van der Waals surface area contributed by atoms with E-state index in [0.717, 1.165) is 8.95 Å². The SMILES string of the molecule is CC(=O)Oc1ccc(Br)cc1C=Nn1c(C)nc2ccc(Br)cc2c1=O. The second kappa shape index (κ2) is 7.51. The van der Waals surface area contributed by atoms with Crippen LogP contribution in [0.4, 0.5) is 0 Å². The quantitative estimate of drug-likeness (QED) is 0.323. The van der Waals surface area contributed by atoms with Crippen LogP contribution in [-0.2, 0) is 4.79 Å². The maximum atomic E-state index is 12.7. The number of ether oxygens (including phenoxy) is 1. The molecule has 1 heterocycles. The summed E-state index contributed by atoms with van der Waals surface area (Å²) in [6.45, 7) is 3.02. The third kappa shape index (κ3) is 3.91. The number of esters is 1. The van der Waals surface area contributed by atoms with Crippen molar-refractivity contribution in [2.75, 3.05) is 0 Å². The second-order valence-electron chi connectivity index (χ2n) is 5.46. The smallest absolute Gasteiger partial charge is 0.308 e. The highest BCUT2D eigenvalue weighted by atomic mass is 79.9. The van der Waals surface area contributed by atoms with E-state index in [1.54, 1.807) is 37.3 Å². The predicted octanol–water partition coefficient (Wildman–Crippen LogP) is 4.04. The molecule has 2 aromatic carbocycles. The largest absolute Gasteiger partial charge is 0.426 e. The zero-order valence-corrected chi connectivity index (χ0v) is 17.0. The first-order chi connectivity index (χ1) is 12.3. The van der Waals surface area contributed by atoms with E-state index in [1.165, 1.54) is 17.8 Å². The Balaban J connectivity index is 2.11. The first kappa shape index (κ1) is 18.5. The number of hydrogen-bond acceptors (Lipinski definition) is 5. The van der Waals surface area contributed by atoms with Crippen LogP contribution < -0.4 is 10.3 Å². The molecule has 3 rings (SSSR count). The molecule has 0 aliphatic rings. The molecule has 26 heavy (non-hydrogen) atoms. The standard InChI is InChI=1S/C18H13Br2N3O3/c1-10-22-16-5-3-14(20)8-15(16)18(25)23(10)21-9-12-7-13(19)4-6-17(12)26-11(2)24/h3-9H,1-2H3. The van der Waals surface area contributed by atoms with Crippen molar-refractivity contribution in [3.63, 3.8) is 0 Å². The summed E-state index contributed by atoms with van der Waals surface area (Å²) in [5.41, 5.74) is 0.870. The van der Waals surface area contributed by atoms with Crippen molar-refractivity contribution < 1.29 is 9.53 Å². The zero-order chi connectivity index (χ0) is 18.8. The molecule has 0 atom stereocenters. The Hall–Kier alpha value is -2.32. The molecule has 0 aliphatic heterocycles. The molecule has 0 unspecified atom stereocenters. The van der Waals surface area contributed by atoms with E-state index < -0.39 is 5.97 Å². The summed E-state index contributed by atoms with van der Waals surface area (Å²) in [5, 5.41) is 4.71. The number of aromatic nitrogens is 2. The highest BCUT2D eigenvalue weighted by Crippen LogP contribution is 2.22. The Morgan fingerprint density at radius 2 is 1.88 bits per heavy atom. The van der Waals surface area contributed by atoms with Gasteiger partial charge < -0.3 is 4.74 Å². The molecule has 0 fully saturated rings. The van der Waals surface area contributed by atoms with Crippen molar-refractivity contribution in [2.24, 2.45) is 5.10 Å². The molecule has 0 spiro atoms. The average molecular weight is 479 g/mol. The molecular weight excluding hydrogens is 466 g/mol. The minimum Gasteiger partial charge on any atom is -0.426 e.